The van der Waals surface area contributed by atoms with Crippen LogP contribution in [0.15, 0.2) is 36.5 Å². The van der Waals surface area contributed by atoms with Crippen LogP contribution in [-0.4, -0.2) is 29.1 Å². The first-order chi connectivity index (χ1) is 11.3. The Kier molecular flexibility index (Phi) is 3.98. The molecule has 1 fully saturated rings. The standard InChI is InChI=1S/C16H16F3N3O2/c1-21(14-7-8-20-22(14)2)15(23)13-9-12(13)10-3-5-11(6-4-10)24-16(17,18)19/h3-8,12-13H,9H2,1-2H3/t12-,13+/m1/s1. The van der Waals surface area contributed by atoms with Gasteiger partial charge in [0.1, 0.15) is 11.6 Å². The Morgan fingerprint density at radius 2 is 1.96 bits per heavy atom. The van der Waals surface area contributed by atoms with E-state index in [1.54, 1.807) is 48.1 Å². The van der Waals surface area contributed by atoms with Gasteiger partial charge in [0.15, 0.2) is 0 Å². The van der Waals surface area contributed by atoms with E-state index in [2.05, 4.69) is 9.84 Å². The molecule has 5 nitrogen and oxygen atoms in total. The van der Waals surface area contributed by atoms with E-state index >= 15 is 0 Å². The second-order valence-corrected chi connectivity index (χ2v) is 5.78. The number of amides is 1. The lowest BCUT2D eigenvalue weighted by Crippen LogP contribution is -2.29. The highest BCUT2D eigenvalue weighted by atomic mass is 19.4. The SMILES string of the molecule is CN(C(=O)[C@H]1C[C@@H]1c1ccc(OC(F)(F)F)cc1)c1ccnn1C. The number of ether oxygens (including phenoxy) is 1. The molecule has 0 saturated heterocycles. The van der Waals surface area contributed by atoms with Crippen LogP contribution in [0.2, 0.25) is 0 Å². The number of aryl methyl sites for hydroxylation is 1. The lowest BCUT2D eigenvalue weighted by atomic mass is 10.1. The third-order valence-electron chi connectivity index (χ3n) is 4.12. The maximum absolute atomic E-state index is 12.5. The predicted octanol–water partition coefficient (Wildman–Crippen LogP) is 3.09. The number of carbonyl (C=O) groups excluding carboxylic acids is 1. The molecular formula is C16H16F3N3O2. The monoisotopic (exact) mass is 339 g/mol. The van der Waals surface area contributed by atoms with Crippen LogP contribution in [0.5, 0.6) is 5.75 Å². The Balaban J connectivity index is 1.64. The third-order valence-corrected chi connectivity index (χ3v) is 4.12. The van der Waals surface area contributed by atoms with Crippen LogP contribution in [0.25, 0.3) is 0 Å². The Hall–Kier alpha value is -2.51. The molecule has 0 spiro atoms. The van der Waals surface area contributed by atoms with E-state index in [0.717, 1.165) is 5.56 Å². The van der Waals surface area contributed by atoms with E-state index in [1.807, 2.05) is 0 Å². The Morgan fingerprint density at radius 3 is 2.50 bits per heavy atom. The Labute approximate surface area is 136 Å². The number of hydrogen-bond donors (Lipinski definition) is 0. The summed E-state index contributed by atoms with van der Waals surface area (Å²) in [5, 5.41) is 4.03. The third kappa shape index (κ3) is 3.37. The molecule has 1 aliphatic carbocycles. The summed E-state index contributed by atoms with van der Waals surface area (Å²) < 4.78 is 41.9. The maximum Gasteiger partial charge on any atom is 0.573 e. The summed E-state index contributed by atoms with van der Waals surface area (Å²) in [6, 6.07) is 7.44. The summed E-state index contributed by atoms with van der Waals surface area (Å²) >= 11 is 0. The van der Waals surface area contributed by atoms with Crippen LogP contribution < -0.4 is 9.64 Å². The minimum Gasteiger partial charge on any atom is -0.406 e. The van der Waals surface area contributed by atoms with Crippen molar-refractivity contribution in [1.29, 1.82) is 0 Å². The number of aromatic nitrogens is 2. The molecule has 2 aromatic rings. The van der Waals surface area contributed by atoms with Gasteiger partial charge in [-0.1, -0.05) is 12.1 Å². The number of anilines is 1. The summed E-state index contributed by atoms with van der Waals surface area (Å²) in [4.78, 5) is 14.1. The largest absolute Gasteiger partial charge is 0.573 e. The first kappa shape index (κ1) is 16.4. The average Bonchev–Trinajstić information content (AvgIpc) is 3.19. The Bertz CT molecular complexity index is 740. The molecule has 0 radical (unpaired) electrons. The molecule has 1 aliphatic rings. The molecule has 3 rings (SSSR count). The summed E-state index contributed by atoms with van der Waals surface area (Å²) in [6.45, 7) is 0. The molecule has 8 heteroatoms. The van der Waals surface area contributed by atoms with Crippen LogP contribution in [0.4, 0.5) is 19.0 Å². The molecule has 1 heterocycles. The van der Waals surface area contributed by atoms with E-state index in [1.165, 1.54) is 12.1 Å². The smallest absolute Gasteiger partial charge is 0.406 e. The van der Waals surface area contributed by atoms with Crippen molar-refractivity contribution in [1.82, 2.24) is 9.78 Å². The van der Waals surface area contributed by atoms with Gasteiger partial charge in [-0.05, 0) is 30.0 Å². The molecule has 1 saturated carbocycles. The highest BCUT2D eigenvalue weighted by molar-refractivity contribution is 5.96. The molecule has 0 N–H and O–H groups in total. The molecule has 128 valence electrons. The normalized spacial score (nSPS) is 19.9. The highest BCUT2D eigenvalue weighted by Crippen LogP contribution is 2.49. The van der Waals surface area contributed by atoms with Gasteiger partial charge in [-0.25, -0.2) is 0 Å². The minimum absolute atomic E-state index is 0.0214. The molecule has 1 aromatic heterocycles. The molecule has 0 unspecified atom stereocenters. The van der Waals surface area contributed by atoms with Crippen LogP contribution in [0.3, 0.4) is 0 Å². The van der Waals surface area contributed by atoms with Gasteiger partial charge in [0.05, 0.1) is 6.20 Å². The van der Waals surface area contributed by atoms with E-state index in [0.29, 0.717) is 12.2 Å². The summed E-state index contributed by atoms with van der Waals surface area (Å²) in [5.74, 6) is 0.257. The van der Waals surface area contributed by atoms with Gasteiger partial charge in [-0.15, -0.1) is 13.2 Å². The van der Waals surface area contributed by atoms with Gasteiger partial charge in [-0.3, -0.25) is 14.4 Å². The average molecular weight is 339 g/mol. The fraction of sp³-hybridized carbons (Fsp3) is 0.375. The lowest BCUT2D eigenvalue weighted by molar-refractivity contribution is -0.274. The van der Waals surface area contributed by atoms with E-state index in [4.69, 9.17) is 0 Å². The molecule has 1 aromatic carbocycles. The summed E-state index contributed by atoms with van der Waals surface area (Å²) in [5.41, 5.74) is 0.835. The summed E-state index contributed by atoms with van der Waals surface area (Å²) in [7, 11) is 3.44. The molecule has 0 aliphatic heterocycles. The zero-order chi connectivity index (χ0) is 17.5. The number of rotatable bonds is 4. The van der Waals surface area contributed by atoms with Gasteiger partial charge >= 0.3 is 6.36 Å². The molecule has 0 bridgehead atoms. The quantitative estimate of drug-likeness (QED) is 0.860. The molecule has 2 atom stereocenters. The number of benzene rings is 1. The van der Waals surface area contributed by atoms with Crippen molar-refractivity contribution >= 4 is 11.7 Å². The number of alkyl halides is 3. The van der Waals surface area contributed by atoms with E-state index in [9.17, 15) is 18.0 Å². The first-order valence-electron chi connectivity index (χ1n) is 7.37. The molecule has 1 amide bonds. The van der Waals surface area contributed by atoms with Gasteiger partial charge < -0.3 is 4.74 Å². The molecular weight excluding hydrogens is 323 g/mol. The highest BCUT2D eigenvalue weighted by Gasteiger charge is 2.45. The molecule has 24 heavy (non-hydrogen) atoms. The number of nitrogens with zero attached hydrogens (tertiary/aromatic N) is 3. The van der Waals surface area contributed by atoms with Crippen molar-refractivity contribution in [2.75, 3.05) is 11.9 Å². The second kappa shape index (κ2) is 5.85. The Morgan fingerprint density at radius 1 is 1.29 bits per heavy atom. The number of halogens is 3. The van der Waals surface area contributed by atoms with Gasteiger partial charge in [0.2, 0.25) is 5.91 Å². The van der Waals surface area contributed by atoms with Crippen molar-refractivity contribution in [3.63, 3.8) is 0 Å². The number of hydrogen-bond acceptors (Lipinski definition) is 3. The maximum atomic E-state index is 12.5. The topological polar surface area (TPSA) is 47.4 Å². The minimum atomic E-state index is -4.70. The van der Waals surface area contributed by atoms with Gasteiger partial charge in [0.25, 0.3) is 0 Å². The van der Waals surface area contributed by atoms with Crippen molar-refractivity contribution in [3.05, 3.63) is 42.1 Å². The van der Waals surface area contributed by atoms with Crippen molar-refractivity contribution in [2.24, 2.45) is 13.0 Å². The van der Waals surface area contributed by atoms with Crippen molar-refractivity contribution in [3.8, 4) is 5.75 Å². The fourth-order valence-electron chi connectivity index (χ4n) is 2.81. The van der Waals surface area contributed by atoms with Gasteiger partial charge in [0, 0.05) is 26.1 Å². The number of carbonyl (C=O) groups is 1. The van der Waals surface area contributed by atoms with E-state index in [-0.39, 0.29) is 23.5 Å². The predicted molar refractivity (Wildman–Crippen MR) is 80.6 cm³/mol. The van der Waals surface area contributed by atoms with Crippen LogP contribution in [0, 0.1) is 5.92 Å². The van der Waals surface area contributed by atoms with E-state index < -0.39 is 6.36 Å². The van der Waals surface area contributed by atoms with Crippen LogP contribution in [0.1, 0.15) is 17.9 Å². The van der Waals surface area contributed by atoms with Gasteiger partial charge in [-0.2, -0.15) is 5.10 Å². The summed E-state index contributed by atoms with van der Waals surface area (Å²) in [6.07, 6.45) is -2.41. The van der Waals surface area contributed by atoms with Crippen LogP contribution in [-0.2, 0) is 11.8 Å². The second-order valence-electron chi connectivity index (χ2n) is 5.78. The zero-order valence-electron chi connectivity index (χ0n) is 13.1. The zero-order valence-corrected chi connectivity index (χ0v) is 13.1. The fourth-order valence-corrected chi connectivity index (χ4v) is 2.81. The lowest BCUT2D eigenvalue weighted by Gasteiger charge is -2.17. The van der Waals surface area contributed by atoms with Crippen molar-refractivity contribution in [2.45, 2.75) is 18.7 Å². The first-order valence-corrected chi connectivity index (χ1v) is 7.37. The van der Waals surface area contributed by atoms with Crippen LogP contribution >= 0.6 is 0 Å². The van der Waals surface area contributed by atoms with Crippen molar-refractivity contribution < 1.29 is 22.7 Å².